The van der Waals surface area contributed by atoms with Crippen molar-refractivity contribution < 1.29 is 22.9 Å². The first-order chi connectivity index (χ1) is 14.1. The van der Waals surface area contributed by atoms with Crippen LogP contribution < -0.4 is 10.6 Å². The number of nitrogens with zero attached hydrogens (tertiary/aromatic N) is 3. The van der Waals surface area contributed by atoms with Gasteiger partial charge in [0.05, 0.1) is 10.5 Å². The van der Waals surface area contributed by atoms with Crippen molar-refractivity contribution >= 4 is 34.5 Å². The predicted molar refractivity (Wildman–Crippen MR) is 103 cm³/mol. The van der Waals surface area contributed by atoms with Gasteiger partial charge in [-0.3, -0.25) is 14.9 Å². The summed E-state index contributed by atoms with van der Waals surface area (Å²) in [5.41, 5.74) is -0.386. The Morgan fingerprint density at radius 1 is 1.00 bits per heavy atom. The largest absolute Gasteiger partial charge is 0.416 e. The highest BCUT2D eigenvalue weighted by Crippen LogP contribution is 2.34. The van der Waals surface area contributed by atoms with Crippen molar-refractivity contribution in [2.75, 3.05) is 10.6 Å². The maximum atomic E-state index is 12.7. The van der Waals surface area contributed by atoms with E-state index in [-0.39, 0.29) is 23.1 Å². The number of nitro groups is 1. The first kappa shape index (κ1) is 20.7. The molecule has 0 spiro atoms. The van der Waals surface area contributed by atoms with Gasteiger partial charge in [0.15, 0.2) is 5.78 Å². The monoisotopic (exact) mass is 417 g/mol. The molecule has 0 saturated carbocycles. The van der Waals surface area contributed by atoms with Gasteiger partial charge >= 0.3 is 11.9 Å². The molecule has 30 heavy (non-hydrogen) atoms. The summed E-state index contributed by atoms with van der Waals surface area (Å²) in [6.07, 6.45) is -3.43. The summed E-state index contributed by atoms with van der Waals surface area (Å²) in [7, 11) is 0. The number of carbonyl (C=O) groups excluding carboxylic acids is 1. The summed E-state index contributed by atoms with van der Waals surface area (Å²) in [6, 6.07) is 10.3. The van der Waals surface area contributed by atoms with Crippen LogP contribution in [0.1, 0.15) is 22.8 Å². The van der Waals surface area contributed by atoms with Crippen LogP contribution >= 0.6 is 0 Å². The molecule has 0 unspecified atom stereocenters. The quantitative estimate of drug-likeness (QED) is 0.326. The Hall–Kier alpha value is -4.02. The van der Waals surface area contributed by atoms with Crippen LogP contribution in [0.4, 0.5) is 41.9 Å². The number of nitrogens with one attached hydrogen (secondary N) is 2. The first-order valence-electron chi connectivity index (χ1n) is 8.47. The van der Waals surface area contributed by atoms with E-state index < -0.39 is 22.4 Å². The summed E-state index contributed by atoms with van der Waals surface area (Å²) in [4.78, 5) is 30.1. The fourth-order valence-corrected chi connectivity index (χ4v) is 2.57. The molecule has 8 nitrogen and oxygen atoms in total. The van der Waals surface area contributed by atoms with E-state index in [1.165, 1.54) is 13.0 Å². The highest BCUT2D eigenvalue weighted by atomic mass is 19.4. The smallest absolute Gasteiger partial charge is 0.334 e. The molecule has 1 aromatic heterocycles. The molecular formula is C19H14F3N5O3. The molecule has 0 bridgehead atoms. The normalized spacial score (nSPS) is 11.1. The molecule has 0 saturated heterocycles. The molecule has 3 aromatic rings. The molecule has 1 heterocycles. The molecule has 0 amide bonds. The number of halogens is 3. The Bertz CT molecular complexity index is 1100. The van der Waals surface area contributed by atoms with Crippen LogP contribution in [0.5, 0.6) is 0 Å². The fraction of sp³-hybridized carbons (Fsp3) is 0.105. The molecule has 0 aliphatic carbocycles. The van der Waals surface area contributed by atoms with Gasteiger partial charge in [-0.15, -0.1) is 0 Å². The van der Waals surface area contributed by atoms with Crippen LogP contribution in [-0.4, -0.2) is 20.7 Å². The van der Waals surface area contributed by atoms with Gasteiger partial charge in [0.25, 0.3) is 0 Å². The van der Waals surface area contributed by atoms with Crippen LogP contribution in [0, 0.1) is 10.1 Å². The summed E-state index contributed by atoms with van der Waals surface area (Å²) in [5, 5.41) is 17.0. The molecule has 3 rings (SSSR count). The molecule has 0 radical (unpaired) electrons. The van der Waals surface area contributed by atoms with Gasteiger partial charge in [-0.1, -0.05) is 12.1 Å². The number of rotatable bonds is 6. The number of benzene rings is 2. The molecular weight excluding hydrogens is 403 g/mol. The molecule has 0 fully saturated rings. The summed E-state index contributed by atoms with van der Waals surface area (Å²) < 4.78 is 38.1. The van der Waals surface area contributed by atoms with Crippen LogP contribution in [0.25, 0.3) is 0 Å². The van der Waals surface area contributed by atoms with E-state index in [0.717, 1.165) is 30.6 Å². The topological polar surface area (TPSA) is 110 Å². The Balaban J connectivity index is 1.92. The second-order valence-electron chi connectivity index (χ2n) is 6.14. The lowest BCUT2D eigenvalue weighted by atomic mass is 10.1. The van der Waals surface area contributed by atoms with Crippen molar-refractivity contribution in [3.63, 3.8) is 0 Å². The number of aromatic nitrogens is 2. The minimum absolute atomic E-state index is 0.148. The number of Topliss-reactive ketones (excluding diaryl/α,β-unsaturated/α-hetero) is 1. The highest BCUT2D eigenvalue weighted by molar-refractivity contribution is 5.95. The lowest BCUT2D eigenvalue weighted by molar-refractivity contribution is -0.383. The van der Waals surface area contributed by atoms with Gasteiger partial charge in [0.2, 0.25) is 11.6 Å². The van der Waals surface area contributed by atoms with Crippen LogP contribution in [0.3, 0.4) is 0 Å². The minimum Gasteiger partial charge on any atom is -0.334 e. The molecule has 2 N–H and O–H groups in total. The third-order valence-electron chi connectivity index (χ3n) is 4.01. The lowest BCUT2D eigenvalue weighted by Crippen LogP contribution is -2.07. The second-order valence-corrected chi connectivity index (χ2v) is 6.14. The minimum atomic E-state index is -4.50. The van der Waals surface area contributed by atoms with Gasteiger partial charge in [-0.2, -0.15) is 13.2 Å². The van der Waals surface area contributed by atoms with Gasteiger partial charge < -0.3 is 10.6 Å². The van der Waals surface area contributed by atoms with Crippen molar-refractivity contribution in [1.29, 1.82) is 0 Å². The van der Waals surface area contributed by atoms with Crippen molar-refractivity contribution in [2.45, 2.75) is 13.1 Å². The van der Waals surface area contributed by atoms with Crippen molar-refractivity contribution in [1.82, 2.24) is 9.97 Å². The van der Waals surface area contributed by atoms with E-state index >= 15 is 0 Å². The third-order valence-corrected chi connectivity index (χ3v) is 4.01. The number of hydrogen-bond donors (Lipinski definition) is 2. The Labute approximate surface area is 167 Å². The second kappa shape index (κ2) is 8.15. The van der Waals surface area contributed by atoms with E-state index in [4.69, 9.17) is 0 Å². The average molecular weight is 417 g/mol. The maximum absolute atomic E-state index is 12.7. The Morgan fingerprint density at radius 3 is 2.13 bits per heavy atom. The van der Waals surface area contributed by atoms with Crippen LogP contribution in [0.15, 0.2) is 54.9 Å². The van der Waals surface area contributed by atoms with E-state index in [9.17, 15) is 28.1 Å². The summed E-state index contributed by atoms with van der Waals surface area (Å²) in [5.74, 6) is -0.536. The van der Waals surface area contributed by atoms with Gasteiger partial charge in [-0.05, 0) is 43.3 Å². The van der Waals surface area contributed by atoms with Crippen molar-refractivity contribution in [3.8, 4) is 0 Å². The summed E-state index contributed by atoms with van der Waals surface area (Å²) >= 11 is 0. The number of carbonyl (C=O) groups is 1. The standard InChI is InChI=1S/C19H14F3N5O3/c1-11(28)12-3-2-4-15(9-12)26-18-16(27(29)30)17(23-10-24-18)25-14-7-5-13(6-8-14)19(20,21)22/h2-10H,1H3,(H2,23,24,25,26). The van der Waals surface area contributed by atoms with Gasteiger partial charge in [-0.25, -0.2) is 9.97 Å². The van der Waals surface area contributed by atoms with Crippen molar-refractivity contribution in [2.24, 2.45) is 0 Å². The van der Waals surface area contributed by atoms with Gasteiger partial charge in [0.1, 0.15) is 6.33 Å². The van der Waals surface area contributed by atoms with E-state index in [0.29, 0.717) is 11.3 Å². The molecule has 2 aromatic carbocycles. The zero-order valence-electron chi connectivity index (χ0n) is 15.4. The maximum Gasteiger partial charge on any atom is 0.416 e. The molecule has 0 atom stereocenters. The van der Waals surface area contributed by atoms with E-state index in [2.05, 4.69) is 20.6 Å². The number of anilines is 4. The van der Waals surface area contributed by atoms with Gasteiger partial charge in [0, 0.05) is 16.9 Å². The Morgan fingerprint density at radius 2 is 1.60 bits per heavy atom. The lowest BCUT2D eigenvalue weighted by Gasteiger charge is -2.11. The van der Waals surface area contributed by atoms with Crippen molar-refractivity contribution in [3.05, 3.63) is 76.1 Å². The summed E-state index contributed by atoms with van der Waals surface area (Å²) in [6.45, 7) is 1.39. The van der Waals surface area contributed by atoms with E-state index in [1.54, 1.807) is 18.2 Å². The van der Waals surface area contributed by atoms with Crippen LogP contribution in [0.2, 0.25) is 0 Å². The van der Waals surface area contributed by atoms with E-state index in [1.807, 2.05) is 0 Å². The molecule has 154 valence electrons. The highest BCUT2D eigenvalue weighted by Gasteiger charge is 2.30. The molecule has 0 aliphatic rings. The zero-order valence-corrected chi connectivity index (χ0v) is 15.4. The SMILES string of the molecule is CC(=O)c1cccc(Nc2ncnc(Nc3ccc(C(F)(F)F)cc3)c2[N+](=O)[O-])c1. The number of alkyl halides is 3. The van der Waals surface area contributed by atoms with Crippen LogP contribution in [-0.2, 0) is 6.18 Å². The zero-order chi connectivity index (χ0) is 21.9. The number of hydrogen-bond acceptors (Lipinski definition) is 7. The number of ketones is 1. The fourth-order valence-electron chi connectivity index (χ4n) is 2.57. The predicted octanol–water partition coefficient (Wildman–Crippen LogP) is 5.09. The Kier molecular flexibility index (Phi) is 5.63. The molecule has 11 heteroatoms. The average Bonchev–Trinajstić information content (AvgIpc) is 2.68. The third kappa shape index (κ3) is 4.69. The molecule has 0 aliphatic heterocycles. The first-order valence-corrected chi connectivity index (χ1v) is 8.47.